The van der Waals surface area contributed by atoms with Gasteiger partial charge in [-0.3, -0.25) is 4.79 Å². The molecule has 0 spiro atoms. The van der Waals surface area contributed by atoms with Crippen LogP contribution in [-0.4, -0.2) is 36.5 Å². The van der Waals surface area contributed by atoms with Gasteiger partial charge in [0.15, 0.2) is 0 Å². The topological polar surface area (TPSA) is 23.6 Å². The molecule has 0 unspecified atom stereocenters. The molecule has 1 amide bonds. The lowest BCUT2D eigenvalue weighted by Gasteiger charge is -2.40. The van der Waals surface area contributed by atoms with Crippen LogP contribution in [0.4, 0.5) is 5.69 Å². The molecule has 154 valence electrons. The normalized spacial score (nSPS) is 21.6. The van der Waals surface area contributed by atoms with Crippen molar-refractivity contribution in [1.82, 2.24) is 4.90 Å². The number of hydrogen-bond acceptors (Lipinski definition) is 2. The lowest BCUT2D eigenvalue weighted by atomic mass is 9.87. The average Bonchev–Trinajstić information content (AvgIpc) is 2.89. The summed E-state index contributed by atoms with van der Waals surface area (Å²) in [6, 6.07) is 8.51. The van der Waals surface area contributed by atoms with Crippen molar-refractivity contribution in [3.8, 4) is 0 Å². The zero-order chi connectivity index (χ0) is 24.2. The van der Waals surface area contributed by atoms with Crippen molar-refractivity contribution in [3.05, 3.63) is 66.1 Å². The van der Waals surface area contributed by atoms with Gasteiger partial charge in [0.25, 0.3) is 0 Å². The highest BCUT2D eigenvalue weighted by Crippen LogP contribution is 2.31. The Labute approximate surface area is 182 Å². The highest BCUT2D eigenvalue weighted by Gasteiger charge is 2.33. The standard InChI is InChI=1S/C26H34N2O/c29-26(23-12-6-2-7-13-23)28(24-14-8-3-9-15-24)25-17-20-27(21-18-25)19-16-22-10-4-1-5-11-22/h1,3-5,8-11,14-15,23,25H,2,6-7,12-13,16-21H2/i3D,8D,9D,14D,15D. The lowest BCUT2D eigenvalue weighted by molar-refractivity contribution is -0.124. The summed E-state index contributed by atoms with van der Waals surface area (Å²) in [6.07, 6.45) is 7.18. The van der Waals surface area contributed by atoms with Gasteiger partial charge in [0.05, 0.1) is 6.85 Å². The zero-order valence-electron chi connectivity index (χ0n) is 22.1. The molecule has 2 aromatic carbocycles. The van der Waals surface area contributed by atoms with Crippen molar-refractivity contribution in [2.24, 2.45) is 5.92 Å². The minimum Gasteiger partial charge on any atom is -0.309 e. The monoisotopic (exact) mass is 395 g/mol. The molecule has 1 aliphatic carbocycles. The van der Waals surface area contributed by atoms with Gasteiger partial charge in [-0.2, -0.15) is 0 Å². The molecular formula is C26H34N2O. The van der Waals surface area contributed by atoms with Crippen molar-refractivity contribution in [3.63, 3.8) is 0 Å². The van der Waals surface area contributed by atoms with Crippen LogP contribution in [0.2, 0.25) is 0 Å². The molecule has 2 aromatic rings. The van der Waals surface area contributed by atoms with Gasteiger partial charge >= 0.3 is 0 Å². The van der Waals surface area contributed by atoms with E-state index in [2.05, 4.69) is 29.2 Å². The summed E-state index contributed by atoms with van der Waals surface area (Å²) in [7, 11) is 0. The predicted octanol–water partition coefficient (Wildman–Crippen LogP) is 5.31. The van der Waals surface area contributed by atoms with Crippen LogP contribution >= 0.6 is 0 Å². The average molecular weight is 396 g/mol. The third kappa shape index (κ3) is 5.27. The fraction of sp³-hybridized carbons (Fsp3) is 0.500. The van der Waals surface area contributed by atoms with Crippen LogP contribution < -0.4 is 4.90 Å². The van der Waals surface area contributed by atoms with E-state index in [0.717, 1.165) is 71.0 Å². The van der Waals surface area contributed by atoms with Crippen molar-refractivity contribution in [2.45, 2.75) is 57.4 Å². The van der Waals surface area contributed by atoms with Crippen molar-refractivity contribution in [2.75, 3.05) is 24.5 Å². The summed E-state index contributed by atoms with van der Waals surface area (Å²) >= 11 is 0. The second kappa shape index (κ2) is 10.1. The van der Waals surface area contributed by atoms with Gasteiger partial charge in [-0.1, -0.05) is 67.7 Å². The molecular weight excluding hydrogens is 356 g/mol. The number of para-hydroxylation sites is 1. The van der Waals surface area contributed by atoms with E-state index in [-0.39, 0.29) is 47.7 Å². The van der Waals surface area contributed by atoms with Gasteiger partial charge in [-0.05, 0) is 49.8 Å². The SMILES string of the molecule is [2H]c1c([2H])c([2H])c(N(C(=O)C2CCCCC2)C2CCN(CCc3ccccc3)CC2)c([2H])c1[2H]. The number of piperidine rings is 1. The van der Waals surface area contributed by atoms with Gasteiger partial charge in [0.1, 0.15) is 0 Å². The third-order valence-electron chi connectivity index (χ3n) is 6.40. The number of carbonyl (C=O) groups excluding carboxylic acids is 1. The third-order valence-corrected chi connectivity index (χ3v) is 6.40. The highest BCUT2D eigenvalue weighted by molar-refractivity contribution is 5.95. The first-order valence-electron chi connectivity index (χ1n) is 13.5. The van der Waals surface area contributed by atoms with E-state index in [1.807, 2.05) is 6.07 Å². The largest absolute Gasteiger partial charge is 0.309 e. The van der Waals surface area contributed by atoms with Crippen LogP contribution in [0.1, 0.15) is 57.4 Å². The summed E-state index contributed by atoms with van der Waals surface area (Å²) in [6.45, 7) is 2.59. The summed E-state index contributed by atoms with van der Waals surface area (Å²) in [5, 5.41) is 0. The number of benzene rings is 2. The predicted molar refractivity (Wildman–Crippen MR) is 120 cm³/mol. The fourth-order valence-electron chi connectivity index (χ4n) is 4.72. The molecule has 3 heteroatoms. The first kappa shape index (κ1) is 14.8. The van der Waals surface area contributed by atoms with E-state index < -0.39 is 6.04 Å². The van der Waals surface area contributed by atoms with Crippen LogP contribution in [0.25, 0.3) is 0 Å². The lowest BCUT2D eigenvalue weighted by Crippen LogP contribution is -2.50. The van der Waals surface area contributed by atoms with E-state index >= 15 is 0 Å². The van der Waals surface area contributed by atoms with E-state index in [4.69, 9.17) is 6.85 Å². The van der Waals surface area contributed by atoms with Crippen LogP contribution in [0.15, 0.2) is 60.5 Å². The Morgan fingerprint density at radius 2 is 1.66 bits per heavy atom. The summed E-state index contributed by atoms with van der Waals surface area (Å²) in [5.74, 6) is -0.205. The molecule has 4 rings (SSSR count). The number of rotatable bonds is 6. The summed E-state index contributed by atoms with van der Waals surface area (Å²) in [5.41, 5.74) is 1.36. The van der Waals surface area contributed by atoms with Crippen molar-refractivity contribution < 1.29 is 11.6 Å². The fourth-order valence-corrected chi connectivity index (χ4v) is 4.72. The highest BCUT2D eigenvalue weighted by atomic mass is 16.2. The number of nitrogens with zero attached hydrogens (tertiary/aromatic N) is 2. The smallest absolute Gasteiger partial charge is 0.230 e. The Hall–Kier alpha value is -2.13. The Morgan fingerprint density at radius 3 is 2.34 bits per heavy atom. The van der Waals surface area contributed by atoms with Crippen molar-refractivity contribution >= 4 is 11.6 Å². The van der Waals surface area contributed by atoms with Gasteiger partial charge in [-0.25, -0.2) is 0 Å². The number of anilines is 1. The molecule has 1 saturated heterocycles. The van der Waals surface area contributed by atoms with E-state index in [9.17, 15) is 4.79 Å². The van der Waals surface area contributed by atoms with Crippen LogP contribution in [0.5, 0.6) is 0 Å². The molecule has 0 bridgehead atoms. The minimum atomic E-state index is -0.417. The van der Waals surface area contributed by atoms with Crippen LogP contribution in [0.3, 0.4) is 0 Å². The molecule has 2 aliphatic rings. The number of likely N-dealkylation sites (tertiary alicyclic amines) is 1. The van der Waals surface area contributed by atoms with Gasteiger partial charge in [0, 0.05) is 37.3 Å². The maximum atomic E-state index is 13.8. The molecule has 1 saturated carbocycles. The second-order valence-corrected chi connectivity index (χ2v) is 8.33. The van der Waals surface area contributed by atoms with Crippen LogP contribution in [0, 0.1) is 5.92 Å². The number of amides is 1. The Bertz CT molecular complexity index is 973. The second-order valence-electron chi connectivity index (χ2n) is 8.33. The molecule has 2 fully saturated rings. The molecule has 0 atom stereocenters. The molecule has 1 aliphatic heterocycles. The maximum Gasteiger partial charge on any atom is 0.230 e. The first-order chi connectivity index (χ1) is 16.4. The minimum absolute atomic E-state index is 0.0595. The molecule has 0 aromatic heterocycles. The first-order valence-corrected chi connectivity index (χ1v) is 11.0. The molecule has 1 heterocycles. The Kier molecular flexibility index (Phi) is 5.13. The van der Waals surface area contributed by atoms with Crippen molar-refractivity contribution in [1.29, 1.82) is 0 Å². The Balaban J connectivity index is 1.56. The quantitative estimate of drug-likeness (QED) is 0.662. The Morgan fingerprint density at radius 1 is 0.966 bits per heavy atom. The van der Waals surface area contributed by atoms with Gasteiger partial charge in [0.2, 0.25) is 5.91 Å². The summed E-state index contributed by atoms with van der Waals surface area (Å²) in [4.78, 5) is 17.8. The van der Waals surface area contributed by atoms with E-state index in [0.29, 0.717) is 0 Å². The van der Waals surface area contributed by atoms with E-state index in [1.54, 1.807) is 4.90 Å². The van der Waals surface area contributed by atoms with Crippen LogP contribution in [-0.2, 0) is 11.2 Å². The molecule has 0 N–H and O–H groups in total. The maximum absolute atomic E-state index is 13.8. The molecule has 29 heavy (non-hydrogen) atoms. The number of carbonyl (C=O) groups is 1. The molecule has 0 radical (unpaired) electrons. The molecule has 3 nitrogen and oxygen atoms in total. The van der Waals surface area contributed by atoms with Gasteiger partial charge < -0.3 is 9.80 Å². The van der Waals surface area contributed by atoms with Gasteiger partial charge in [-0.15, -0.1) is 0 Å². The summed E-state index contributed by atoms with van der Waals surface area (Å²) < 4.78 is 41.3. The number of hydrogen-bond donors (Lipinski definition) is 0. The zero-order valence-corrected chi connectivity index (χ0v) is 17.1. The van der Waals surface area contributed by atoms with E-state index in [1.165, 1.54) is 5.56 Å².